The molecular formula is C18H26S4. The molecule has 0 nitrogen and oxygen atoms in total. The summed E-state index contributed by atoms with van der Waals surface area (Å²) in [5.41, 5.74) is 5.78. The molecule has 0 aromatic rings. The van der Waals surface area contributed by atoms with Crippen molar-refractivity contribution in [3.05, 3.63) is 46.6 Å². The lowest BCUT2D eigenvalue weighted by Crippen LogP contribution is -2.19. The van der Waals surface area contributed by atoms with Crippen LogP contribution in [0.4, 0.5) is 0 Å². The fourth-order valence-corrected chi connectivity index (χ4v) is 11.4. The molecule has 2 atom stereocenters. The highest BCUT2D eigenvalue weighted by atomic mass is 33.7. The summed E-state index contributed by atoms with van der Waals surface area (Å²) in [5, 5.41) is 0. The van der Waals surface area contributed by atoms with Gasteiger partial charge in [0.25, 0.3) is 0 Å². The monoisotopic (exact) mass is 370 g/mol. The van der Waals surface area contributed by atoms with Crippen molar-refractivity contribution in [1.82, 2.24) is 0 Å². The van der Waals surface area contributed by atoms with Crippen molar-refractivity contribution in [2.24, 2.45) is 0 Å². The molecule has 0 radical (unpaired) electrons. The van der Waals surface area contributed by atoms with Gasteiger partial charge >= 0.3 is 0 Å². The highest BCUT2D eigenvalue weighted by Crippen LogP contribution is 2.56. The summed E-state index contributed by atoms with van der Waals surface area (Å²) >= 11 is 0. The molecule has 122 valence electrons. The molecule has 0 spiro atoms. The first-order chi connectivity index (χ1) is 10.2. The second-order valence-corrected chi connectivity index (χ2v) is 13.8. The van der Waals surface area contributed by atoms with Gasteiger partial charge in [0.15, 0.2) is 0 Å². The lowest BCUT2D eigenvalue weighted by atomic mass is 9.92. The Kier molecular flexibility index (Phi) is 6.37. The second-order valence-electron chi connectivity index (χ2n) is 7.04. The Labute approximate surface area is 151 Å². The van der Waals surface area contributed by atoms with Crippen LogP contribution in [0.3, 0.4) is 0 Å². The summed E-state index contributed by atoms with van der Waals surface area (Å²) in [6, 6.07) is 0. The van der Waals surface area contributed by atoms with Crippen LogP contribution in [0.2, 0.25) is 0 Å². The molecule has 2 aliphatic rings. The predicted octanol–water partition coefficient (Wildman–Crippen LogP) is 7.77. The lowest BCUT2D eigenvalue weighted by molar-refractivity contribution is 0.760. The van der Waals surface area contributed by atoms with Crippen LogP contribution in [-0.2, 0) is 0 Å². The normalized spacial score (nSPS) is 32.1. The maximum atomic E-state index is 2.42. The summed E-state index contributed by atoms with van der Waals surface area (Å²) < 4.78 is 0.465. The minimum Gasteiger partial charge on any atom is -0.0714 e. The molecule has 0 bridgehead atoms. The van der Waals surface area contributed by atoms with Crippen molar-refractivity contribution >= 4 is 41.2 Å². The smallest absolute Gasteiger partial charge is 0.0465 e. The highest BCUT2D eigenvalue weighted by Gasteiger charge is 2.29. The van der Waals surface area contributed by atoms with Crippen LogP contribution in [0.15, 0.2) is 46.6 Å². The zero-order valence-corrected chi connectivity index (χ0v) is 17.6. The van der Waals surface area contributed by atoms with E-state index in [9.17, 15) is 0 Å². The van der Waals surface area contributed by atoms with E-state index in [1.54, 1.807) is 0 Å². The van der Waals surface area contributed by atoms with Gasteiger partial charge in [-0.25, -0.2) is 0 Å². The third-order valence-corrected chi connectivity index (χ3v) is 11.3. The molecule has 4 heteroatoms. The SMILES string of the molecule is CC1=CC(C)(SSSSC2(C)C=C(C)C=C(C)C2)CC(C)=C1. The summed E-state index contributed by atoms with van der Waals surface area (Å²) in [5.74, 6) is 0. The third-order valence-electron chi connectivity index (χ3n) is 3.75. The molecule has 0 amide bonds. The minimum absolute atomic E-state index is 0.232. The van der Waals surface area contributed by atoms with Crippen molar-refractivity contribution in [3.8, 4) is 0 Å². The Bertz CT molecular complexity index is 505. The van der Waals surface area contributed by atoms with Gasteiger partial charge in [0.05, 0.1) is 0 Å². The Morgan fingerprint density at radius 2 is 1.09 bits per heavy atom. The maximum Gasteiger partial charge on any atom is 0.0465 e. The van der Waals surface area contributed by atoms with Gasteiger partial charge in [-0.3, -0.25) is 0 Å². The lowest BCUT2D eigenvalue weighted by Gasteiger charge is -2.31. The Hall–Kier alpha value is 0.360. The summed E-state index contributed by atoms with van der Waals surface area (Å²) in [6.45, 7) is 13.6. The van der Waals surface area contributed by atoms with Crippen molar-refractivity contribution in [2.45, 2.75) is 63.9 Å². The first-order valence-electron chi connectivity index (χ1n) is 7.63. The van der Waals surface area contributed by atoms with Gasteiger partial charge in [-0.15, -0.1) is 0 Å². The van der Waals surface area contributed by atoms with Crippen LogP contribution >= 0.6 is 41.2 Å². The van der Waals surface area contributed by atoms with Crippen molar-refractivity contribution < 1.29 is 0 Å². The number of hydrogen-bond donors (Lipinski definition) is 0. The first-order valence-corrected chi connectivity index (χ1v) is 12.4. The fourth-order valence-electron chi connectivity index (χ4n) is 3.43. The van der Waals surface area contributed by atoms with Gasteiger partial charge in [-0.1, -0.05) is 68.2 Å². The van der Waals surface area contributed by atoms with Crippen molar-refractivity contribution in [1.29, 1.82) is 0 Å². The molecule has 2 aliphatic carbocycles. The summed E-state index contributed by atoms with van der Waals surface area (Å²) in [7, 11) is 7.87. The van der Waals surface area contributed by atoms with Crippen LogP contribution in [0, 0.1) is 0 Å². The van der Waals surface area contributed by atoms with Crippen LogP contribution < -0.4 is 0 Å². The average molecular weight is 371 g/mol. The molecule has 0 saturated carbocycles. The zero-order chi connectivity index (χ0) is 16.4. The van der Waals surface area contributed by atoms with E-state index in [0.717, 1.165) is 12.8 Å². The van der Waals surface area contributed by atoms with E-state index in [2.05, 4.69) is 65.8 Å². The van der Waals surface area contributed by atoms with Crippen molar-refractivity contribution in [2.75, 3.05) is 0 Å². The predicted molar refractivity (Wildman–Crippen MR) is 111 cm³/mol. The van der Waals surface area contributed by atoms with Gasteiger partial charge in [0, 0.05) is 9.49 Å². The van der Waals surface area contributed by atoms with Gasteiger partial charge in [0.1, 0.15) is 0 Å². The summed E-state index contributed by atoms with van der Waals surface area (Å²) in [4.78, 5) is 0. The molecule has 0 N–H and O–H groups in total. The van der Waals surface area contributed by atoms with Crippen LogP contribution in [0.5, 0.6) is 0 Å². The molecular weight excluding hydrogens is 344 g/mol. The topological polar surface area (TPSA) is 0 Å². The maximum absolute atomic E-state index is 2.42. The van der Waals surface area contributed by atoms with Crippen LogP contribution in [0.25, 0.3) is 0 Å². The third kappa shape index (κ3) is 5.47. The van der Waals surface area contributed by atoms with E-state index >= 15 is 0 Å². The van der Waals surface area contributed by atoms with E-state index in [1.807, 2.05) is 41.2 Å². The standard InChI is InChI=1S/C18H26S4/c1-13-7-14(2)10-17(5,9-13)19-21-22-20-18(6)11-15(3)8-16(4)12-18/h7-9,11H,10,12H2,1-6H3. The molecule has 2 unspecified atom stereocenters. The molecule has 22 heavy (non-hydrogen) atoms. The average Bonchev–Trinajstić information content (AvgIpc) is 2.31. The van der Waals surface area contributed by atoms with Gasteiger partial charge in [-0.2, -0.15) is 0 Å². The van der Waals surface area contributed by atoms with Gasteiger partial charge in [0.2, 0.25) is 0 Å². The number of allylic oxidation sites excluding steroid dienone is 6. The van der Waals surface area contributed by atoms with E-state index in [4.69, 9.17) is 0 Å². The van der Waals surface area contributed by atoms with E-state index in [1.165, 1.54) is 22.3 Å². The fraction of sp³-hybridized carbons (Fsp3) is 0.556. The Morgan fingerprint density at radius 3 is 1.41 bits per heavy atom. The van der Waals surface area contributed by atoms with E-state index < -0.39 is 0 Å². The van der Waals surface area contributed by atoms with E-state index in [-0.39, 0.29) is 9.49 Å². The summed E-state index contributed by atoms with van der Waals surface area (Å²) in [6.07, 6.45) is 11.8. The zero-order valence-electron chi connectivity index (χ0n) is 14.4. The largest absolute Gasteiger partial charge is 0.0714 e. The minimum atomic E-state index is 0.232. The number of rotatable bonds is 5. The van der Waals surface area contributed by atoms with Crippen molar-refractivity contribution in [3.63, 3.8) is 0 Å². The number of hydrogen-bond acceptors (Lipinski definition) is 4. The van der Waals surface area contributed by atoms with Gasteiger partial charge < -0.3 is 0 Å². The highest BCUT2D eigenvalue weighted by molar-refractivity contribution is 9.26. The molecule has 0 aromatic carbocycles. The van der Waals surface area contributed by atoms with E-state index in [0.29, 0.717) is 0 Å². The van der Waals surface area contributed by atoms with Crippen LogP contribution in [0.1, 0.15) is 54.4 Å². The molecule has 0 aromatic heterocycles. The molecule has 0 fully saturated rings. The van der Waals surface area contributed by atoms with Crippen LogP contribution in [-0.4, -0.2) is 9.49 Å². The molecule has 0 heterocycles. The Balaban J connectivity index is 1.83. The first kappa shape index (κ1) is 18.7. The molecule has 0 saturated heterocycles. The molecule has 0 aliphatic heterocycles. The quantitative estimate of drug-likeness (QED) is 0.358. The van der Waals surface area contributed by atoms with Gasteiger partial charge in [-0.05, 0) is 74.0 Å². The Morgan fingerprint density at radius 1 is 0.727 bits per heavy atom. The second kappa shape index (κ2) is 7.50. The molecule has 2 rings (SSSR count).